The zero-order valence-electron chi connectivity index (χ0n) is 33.7. The molecule has 0 spiro atoms. The first kappa shape index (κ1) is 45.6. The number of oxime groups is 1. The minimum Gasteiger partial charge on any atom is -0.489 e. The van der Waals surface area contributed by atoms with Gasteiger partial charge in [-0.3, -0.25) is 24.5 Å². The molecule has 0 saturated carbocycles. The van der Waals surface area contributed by atoms with E-state index in [9.17, 15) is 27.6 Å². The van der Waals surface area contributed by atoms with Crippen LogP contribution < -0.4 is 31.7 Å². The third-order valence-electron chi connectivity index (χ3n) is 8.15. The molecule has 21 nitrogen and oxygen atoms in total. The van der Waals surface area contributed by atoms with Crippen molar-refractivity contribution in [2.75, 3.05) is 38.1 Å². The average molecular weight is 854 g/mol. The van der Waals surface area contributed by atoms with Crippen molar-refractivity contribution in [3.63, 3.8) is 0 Å². The predicted molar refractivity (Wildman–Crippen MR) is 211 cm³/mol. The van der Waals surface area contributed by atoms with E-state index in [1.54, 1.807) is 53.7 Å². The summed E-state index contributed by atoms with van der Waals surface area (Å²) in [4.78, 5) is 67.5. The van der Waals surface area contributed by atoms with Crippen LogP contribution in [0.3, 0.4) is 0 Å². The molecule has 58 heavy (non-hydrogen) atoms. The quantitative estimate of drug-likeness (QED) is 0.0490. The number of nitrogens with zero attached hydrogens (tertiary/aromatic N) is 4. The van der Waals surface area contributed by atoms with Crippen LogP contribution in [0.1, 0.15) is 79.5 Å². The summed E-state index contributed by atoms with van der Waals surface area (Å²) in [6.45, 7) is 15.9. The Bertz CT molecular complexity index is 2010. The lowest BCUT2D eigenvalue weighted by Crippen LogP contribution is -2.76. The number of carbonyl (C=O) groups excluding carboxylic acids is 4. The molecular formula is C35H51N9O12S2. The number of β-lactam (4-membered cyclic amide) rings is 1. The molecule has 0 aliphatic carbocycles. The predicted octanol–water partition coefficient (Wildman–Crippen LogP) is 1.82. The van der Waals surface area contributed by atoms with Crippen LogP contribution >= 0.6 is 11.3 Å². The summed E-state index contributed by atoms with van der Waals surface area (Å²) in [6, 6.07) is 5.80. The number of nitrogens with two attached hydrogens (primary N) is 1. The van der Waals surface area contributed by atoms with Gasteiger partial charge < -0.3 is 40.7 Å². The fraction of sp³-hybridized carbons (Fsp3) is 0.571. The largest absolute Gasteiger partial charge is 0.489 e. The number of hydrogen-bond donors (Lipinski definition) is 6. The first-order valence-corrected chi connectivity index (χ1v) is 20.3. The Labute approximate surface area is 340 Å². The van der Waals surface area contributed by atoms with Gasteiger partial charge in [-0.1, -0.05) is 17.3 Å². The van der Waals surface area contributed by atoms with E-state index in [0.29, 0.717) is 43.0 Å². The second kappa shape index (κ2) is 17.8. The number of carbonyl (C=O) groups is 4. The maximum Gasteiger partial charge on any atom is 0.418 e. The van der Waals surface area contributed by atoms with Crippen molar-refractivity contribution < 1.29 is 55.5 Å². The highest BCUT2D eigenvalue weighted by Gasteiger charge is 2.58. The highest BCUT2D eigenvalue weighted by molar-refractivity contribution is 7.80. The number of rotatable bonds is 15. The summed E-state index contributed by atoms with van der Waals surface area (Å²) in [7, 11) is -5.08. The van der Waals surface area contributed by atoms with Crippen molar-refractivity contribution in [1.82, 2.24) is 26.0 Å². The molecular weight excluding hydrogens is 803 g/mol. The number of hydroxylamine groups is 2. The average Bonchev–Trinajstić information content (AvgIpc) is 3.57. The lowest BCUT2D eigenvalue weighted by molar-refractivity contribution is -0.218. The molecule has 7 N–H and O–H groups in total. The molecule has 3 amide bonds. The summed E-state index contributed by atoms with van der Waals surface area (Å²) in [5.74, 6) is -1.81. The number of aromatic nitrogens is 1. The minimum absolute atomic E-state index is 0.00118. The Morgan fingerprint density at radius 2 is 1.74 bits per heavy atom. The van der Waals surface area contributed by atoms with Crippen LogP contribution in [0.4, 0.5) is 9.93 Å². The van der Waals surface area contributed by atoms with Crippen LogP contribution in [-0.2, 0) is 43.4 Å². The lowest BCUT2D eigenvalue weighted by Gasteiger charge is -2.50. The van der Waals surface area contributed by atoms with Crippen LogP contribution in [0.25, 0.3) is 0 Å². The Hall–Kier alpha value is -5.10. The van der Waals surface area contributed by atoms with E-state index in [2.05, 4.69) is 40.7 Å². The van der Waals surface area contributed by atoms with E-state index >= 15 is 0 Å². The number of amides is 3. The zero-order valence-corrected chi connectivity index (χ0v) is 35.3. The molecule has 3 heterocycles. The van der Waals surface area contributed by atoms with Crippen LogP contribution in [0.15, 0.2) is 39.8 Å². The summed E-state index contributed by atoms with van der Waals surface area (Å²) in [5.41, 5.74) is 0.547. The van der Waals surface area contributed by atoms with Crippen molar-refractivity contribution in [3.8, 4) is 5.75 Å². The molecule has 1 fully saturated rings. The van der Waals surface area contributed by atoms with Crippen LogP contribution in [0, 0.1) is 0 Å². The summed E-state index contributed by atoms with van der Waals surface area (Å²) in [6.07, 6.45) is -0.829. The molecule has 2 aliphatic rings. The van der Waals surface area contributed by atoms with E-state index in [0.717, 1.165) is 16.9 Å². The molecule has 0 bridgehead atoms. The van der Waals surface area contributed by atoms with Crippen molar-refractivity contribution in [2.24, 2.45) is 15.9 Å². The molecule has 3 atom stereocenters. The fourth-order valence-electron chi connectivity index (χ4n) is 5.24. The first-order valence-electron chi connectivity index (χ1n) is 18.0. The molecule has 320 valence electrons. The lowest BCUT2D eigenvalue weighted by atomic mass is 9.84. The molecule has 1 aromatic carbocycles. The molecule has 1 saturated heterocycles. The summed E-state index contributed by atoms with van der Waals surface area (Å²) < 4.78 is 53.1. The summed E-state index contributed by atoms with van der Waals surface area (Å²) >= 11 is 0.901. The molecule has 4 rings (SSSR count). The number of hydrogen-bond acceptors (Lipinski definition) is 18. The number of anilines is 1. The molecule has 2 aromatic rings. The van der Waals surface area contributed by atoms with Crippen molar-refractivity contribution in [3.05, 3.63) is 40.9 Å². The third kappa shape index (κ3) is 12.4. The normalized spacial score (nSPS) is 19.4. The van der Waals surface area contributed by atoms with E-state index in [-0.39, 0.29) is 16.7 Å². The van der Waals surface area contributed by atoms with E-state index in [1.165, 1.54) is 26.2 Å². The van der Waals surface area contributed by atoms with Crippen molar-refractivity contribution in [1.29, 1.82) is 0 Å². The van der Waals surface area contributed by atoms with Gasteiger partial charge in [-0.15, -0.1) is 15.6 Å². The molecule has 2 aliphatic heterocycles. The maximum absolute atomic E-state index is 13.9. The topological polar surface area (TPSA) is 284 Å². The second-order valence-corrected chi connectivity index (χ2v) is 17.8. The van der Waals surface area contributed by atoms with Gasteiger partial charge in [0.15, 0.2) is 16.8 Å². The molecule has 0 radical (unpaired) electrons. The standard InChI is InChI=1S/C35H51N9O12S2/c1-32(2,3)53-28(47)35(9,19-52-22-12-10-20(11-13-22)21-16-38-29(39-17-21)37-15-14-36)55-43-24(23-18-57-30(40-23)42-31(48)54-33(4,5)6)26(45)41-25-27(46)44(34(25,7)8)56-58(49,50)51/h10-13,18,21,25H,14-17,19,36H2,1-9H3,(H,41,45)(H2,37,38,39)(H,40,42,48)(H,49,50,51)/b43-24-. The fourth-order valence-corrected chi connectivity index (χ4v) is 6.38. The number of esters is 1. The van der Waals surface area contributed by atoms with Gasteiger partial charge in [-0.05, 0) is 80.0 Å². The van der Waals surface area contributed by atoms with Crippen LogP contribution in [0.5, 0.6) is 5.75 Å². The van der Waals surface area contributed by atoms with Gasteiger partial charge in [0.05, 0.1) is 12.1 Å². The SMILES string of the molecule is CC(C)(C)OC(=O)Nc1nc(/C(=N/OC(C)(COc2ccc(C3CN=C(NCCN)NC3)cc2)C(=O)OC(C)(C)C)C(=O)NC2C(=O)N(OS(=O)(=O)O)C2(C)C)cs1. The Balaban J connectivity index is 1.61. The van der Waals surface area contributed by atoms with Gasteiger partial charge in [0.25, 0.3) is 17.4 Å². The molecule has 23 heteroatoms. The highest BCUT2D eigenvalue weighted by atomic mass is 32.3. The van der Waals surface area contributed by atoms with Gasteiger partial charge in [-0.25, -0.2) is 14.6 Å². The Morgan fingerprint density at radius 3 is 2.29 bits per heavy atom. The number of benzene rings is 1. The Kier molecular flexibility index (Phi) is 14.0. The third-order valence-corrected chi connectivity index (χ3v) is 9.24. The monoisotopic (exact) mass is 853 g/mol. The maximum atomic E-state index is 13.9. The van der Waals surface area contributed by atoms with Gasteiger partial charge in [0, 0.05) is 30.9 Å². The first-order chi connectivity index (χ1) is 26.8. The van der Waals surface area contributed by atoms with Crippen LogP contribution in [0.2, 0.25) is 0 Å². The smallest absolute Gasteiger partial charge is 0.418 e. The minimum atomic E-state index is -5.08. The zero-order chi connectivity index (χ0) is 43.3. The number of aliphatic imine (C=N–C) groups is 1. The molecule has 3 unspecified atom stereocenters. The van der Waals surface area contributed by atoms with Gasteiger partial charge >= 0.3 is 22.5 Å². The highest BCUT2D eigenvalue weighted by Crippen LogP contribution is 2.33. The summed E-state index contributed by atoms with van der Waals surface area (Å²) in [5, 5.41) is 17.1. The van der Waals surface area contributed by atoms with E-state index in [4.69, 9.17) is 29.3 Å². The number of thiazole rings is 1. The van der Waals surface area contributed by atoms with E-state index < -0.39 is 75.0 Å². The van der Waals surface area contributed by atoms with Gasteiger partial charge in [-0.2, -0.15) is 13.5 Å². The van der Waals surface area contributed by atoms with E-state index in [1.807, 2.05) is 12.1 Å². The van der Waals surface area contributed by atoms with Gasteiger partial charge in [0.2, 0.25) is 0 Å². The second-order valence-electron chi connectivity index (χ2n) is 16.0. The van der Waals surface area contributed by atoms with Gasteiger partial charge in [0.1, 0.15) is 35.3 Å². The molecule has 1 aromatic heterocycles. The number of guanidine groups is 1. The Morgan fingerprint density at radius 1 is 1.09 bits per heavy atom. The number of ether oxygens (including phenoxy) is 3. The van der Waals surface area contributed by atoms with Crippen molar-refractivity contribution in [2.45, 2.75) is 96.6 Å². The van der Waals surface area contributed by atoms with Crippen LogP contribution in [-0.4, -0.2) is 120 Å². The number of nitrogens with one attached hydrogen (secondary N) is 4. The van der Waals surface area contributed by atoms with Crippen molar-refractivity contribution >= 4 is 62.4 Å².